The first kappa shape index (κ1) is 16.3. The molecule has 0 unspecified atom stereocenters. The number of hydrogen-bond acceptors (Lipinski definition) is 4. The predicted molar refractivity (Wildman–Crippen MR) is 97.7 cm³/mol. The van der Waals surface area contributed by atoms with Gasteiger partial charge in [-0.2, -0.15) is 5.10 Å². The third kappa shape index (κ3) is 3.06. The quantitative estimate of drug-likeness (QED) is 0.714. The van der Waals surface area contributed by atoms with Crippen LogP contribution in [-0.2, 0) is 13.6 Å². The highest BCUT2D eigenvalue weighted by molar-refractivity contribution is 5.94. The molecule has 0 fully saturated rings. The van der Waals surface area contributed by atoms with Crippen molar-refractivity contribution in [2.45, 2.75) is 19.5 Å². The maximum atomic E-state index is 12.9. The number of aryl methyl sites for hydroxylation is 1. The Balaban J connectivity index is 1.67. The number of rotatable bonds is 2. The number of fused-ring (bicyclic) bond motifs is 1. The molecule has 1 atom stereocenters. The topological polar surface area (TPSA) is 60.2 Å². The van der Waals surface area contributed by atoms with E-state index >= 15 is 0 Å². The molecule has 1 aliphatic rings. The molecule has 1 amide bonds. The third-order valence-electron chi connectivity index (χ3n) is 4.62. The van der Waals surface area contributed by atoms with Crippen LogP contribution < -0.4 is 4.74 Å². The Hall–Kier alpha value is -3.15. The monoisotopic (exact) mass is 348 g/mol. The molecule has 2 aromatic heterocycles. The summed E-state index contributed by atoms with van der Waals surface area (Å²) in [5.41, 5.74) is 3.68. The number of aromatic nitrogens is 3. The summed E-state index contributed by atoms with van der Waals surface area (Å²) in [6.45, 7) is 2.96. The van der Waals surface area contributed by atoms with Crippen molar-refractivity contribution in [1.82, 2.24) is 19.7 Å². The van der Waals surface area contributed by atoms with Gasteiger partial charge in [0.05, 0.1) is 24.3 Å². The number of nitrogens with zero attached hydrogens (tertiary/aromatic N) is 4. The van der Waals surface area contributed by atoms with Crippen molar-refractivity contribution in [3.63, 3.8) is 0 Å². The molecule has 0 radical (unpaired) electrons. The second kappa shape index (κ2) is 6.63. The van der Waals surface area contributed by atoms with Crippen LogP contribution in [-0.4, -0.2) is 38.2 Å². The number of amides is 1. The van der Waals surface area contributed by atoms with Gasteiger partial charge in [-0.3, -0.25) is 14.5 Å². The van der Waals surface area contributed by atoms with E-state index in [1.165, 1.54) is 0 Å². The van der Waals surface area contributed by atoms with E-state index in [2.05, 4.69) is 16.1 Å². The summed E-state index contributed by atoms with van der Waals surface area (Å²) in [6.07, 6.45) is 6.94. The summed E-state index contributed by atoms with van der Waals surface area (Å²) >= 11 is 0. The summed E-state index contributed by atoms with van der Waals surface area (Å²) < 4.78 is 7.58. The lowest BCUT2D eigenvalue weighted by Gasteiger charge is -2.25. The Morgan fingerprint density at radius 1 is 1.23 bits per heavy atom. The van der Waals surface area contributed by atoms with Gasteiger partial charge in [0.2, 0.25) is 0 Å². The van der Waals surface area contributed by atoms with E-state index < -0.39 is 0 Å². The van der Waals surface area contributed by atoms with Crippen LogP contribution in [0.3, 0.4) is 0 Å². The smallest absolute Gasteiger partial charge is 0.257 e. The molecular formula is C20H20N4O2. The van der Waals surface area contributed by atoms with Gasteiger partial charge in [-0.25, -0.2) is 0 Å². The maximum Gasteiger partial charge on any atom is 0.257 e. The lowest BCUT2D eigenvalue weighted by molar-refractivity contribution is 0.0645. The zero-order valence-corrected chi connectivity index (χ0v) is 14.8. The molecule has 0 saturated carbocycles. The molecule has 3 heterocycles. The van der Waals surface area contributed by atoms with Crippen LogP contribution in [0.25, 0.3) is 11.1 Å². The molecule has 6 nitrogen and oxygen atoms in total. The minimum absolute atomic E-state index is 0.0306. The Kier molecular flexibility index (Phi) is 4.16. The molecular weight excluding hydrogens is 328 g/mol. The van der Waals surface area contributed by atoms with Crippen molar-refractivity contribution < 1.29 is 9.53 Å². The van der Waals surface area contributed by atoms with Crippen molar-refractivity contribution in [2.75, 3.05) is 6.61 Å². The number of hydrogen-bond donors (Lipinski definition) is 0. The molecule has 3 aromatic rings. The first-order valence-electron chi connectivity index (χ1n) is 8.57. The van der Waals surface area contributed by atoms with Gasteiger partial charge in [0.25, 0.3) is 5.91 Å². The van der Waals surface area contributed by atoms with Gasteiger partial charge in [-0.05, 0) is 30.7 Å². The van der Waals surface area contributed by atoms with E-state index in [1.54, 1.807) is 30.3 Å². The molecule has 132 valence electrons. The molecule has 0 bridgehead atoms. The summed E-state index contributed by atoms with van der Waals surface area (Å²) in [6, 6.07) is 9.98. The minimum Gasteiger partial charge on any atom is -0.491 e. The Bertz CT molecular complexity index is 936. The van der Waals surface area contributed by atoms with Crippen LogP contribution in [0.5, 0.6) is 5.75 Å². The summed E-state index contributed by atoms with van der Waals surface area (Å²) in [4.78, 5) is 19.0. The van der Waals surface area contributed by atoms with Crippen LogP contribution >= 0.6 is 0 Å². The molecule has 0 spiro atoms. The van der Waals surface area contributed by atoms with Gasteiger partial charge in [-0.15, -0.1) is 0 Å². The van der Waals surface area contributed by atoms with Crippen LogP contribution in [0.2, 0.25) is 0 Å². The first-order valence-corrected chi connectivity index (χ1v) is 8.57. The van der Waals surface area contributed by atoms with Crippen molar-refractivity contribution in [1.29, 1.82) is 0 Å². The number of pyridine rings is 1. The summed E-state index contributed by atoms with van der Waals surface area (Å²) in [5, 5.41) is 4.11. The number of benzene rings is 1. The summed E-state index contributed by atoms with van der Waals surface area (Å²) in [7, 11) is 1.81. The lowest BCUT2D eigenvalue weighted by atomic mass is 10.0. The molecule has 26 heavy (non-hydrogen) atoms. The fourth-order valence-corrected chi connectivity index (χ4v) is 3.17. The molecule has 6 heteroatoms. The number of carbonyl (C=O) groups is 1. The van der Waals surface area contributed by atoms with Gasteiger partial charge in [0.1, 0.15) is 12.4 Å². The maximum absolute atomic E-state index is 12.9. The average molecular weight is 348 g/mol. The second-order valence-electron chi connectivity index (χ2n) is 6.56. The van der Waals surface area contributed by atoms with E-state index in [0.717, 1.165) is 22.4 Å². The van der Waals surface area contributed by atoms with Crippen LogP contribution in [0.15, 0.2) is 55.1 Å². The van der Waals surface area contributed by atoms with E-state index in [0.29, 0.717) is 18.7 Å². The van der Waals surface area contributed by atoms with Gasteiger partial charge in [0, 0.05) is 36.8 Å². The highest BCUT2D eigenvalue weighted by Crippen LogP contribution is 2.30. The lowest BCUT2D eigenvalue weighted by Crippen LogP contribution is -2.39. The molecule has 1 aliphatic heterocycles. The van der Waals surface area contributed by atoms with Crippen LogP contribution in [0.1, 0.15) is 22.8 Å². The fraction of sp³-hybridized carbons (Fsp3) is 0.250. The summed E-state index contributed by atoms with van der Waals surface area (Å²) in [5.74, 6) is 0.791. The highest BCUT2D eigenvalue weighted by atomic mass is 16.5. The van der Waals surface area contributed by atoms with E-state index in [-0.39, 0.29) is 11.9 Å². The van der Waals surface area contributed by atoms with Crippen molar-refractivity contribution in [2.24, 2.45) is 7.05 Å². The fourth-order valence-electron chi connectivity index (χ4n) is 3.17. The molecule has 4 rings (SSSR count). The van der Waals surface area contributed by atoms with Gasteiger partial charge in [-0.1, -0.05) is 12.1 Å². The largest absolute Gasteiger partial charge is 0.491 e. The highest BCUT2D eigenvalue weighted by Gasteiger charge is 2.27. The Labute approximate surface area is 152 Å². The normalized spacial score (nSPS) is 16.5. The van der Waals surface area contributed by atoms with Crippen LogP contribution in [0.4, 0.5) is 0 Å². The van der Waals surface area contributed by atoms with E-state index in [4.69, 9.17) is 4.74 Å². The average Bonchev–Trinajstić information content (AvgIpc) is 3.03. The standard InChI is InChI=1S/C20H20N4O2/c1-14-13-26-19-6-5-15(16-4-3-7-21-9-16)8-17(19)12-24(14)20(25)18-10-22-23(2)11-18/h3-11,14H,12-13H2,1-2H3/t14-/m0/s1. The van der Waals surface area contributed by atoms with Crippen LogP contribution in [0, 0.1) is 0 Å². The SMILES string of the molecule is C[C@H]1COc2ccc(-c3cccnc3)cc2CN1C(=O)c1cnn(C)c1. The predicted octanol–water partition coefficient (Wildman–Crippen LogP) is 2.91. The third-order valence-corrected chi connectivity index (χ3v) is 4.62. The van der Waals surface area contributed by atoms with Gasteiger partial charge < -0.3 is 9.64 Å². The Morgan fingerprint density at radius 2 is 2.12 bits per heavy atom. The van der Waals surface area contributed by atoms with Crippen molar-refractivity contribution >= 4 is 5.91 Å². The minimum atomic E-state index is -0.0335. The zero-order valence-electron chi connectivity index (χ0n) is 14.8. The number of ether oxygens (including phenoxy) is 1. The van der Waals surface area contributed by atoms with Crippen molar-refractivity contribution in [3.05, 3.63) is 66.2 Å². The number of carbonyl (C=O) groups excluding carboxylic acids is 1. The van der Waals surface area contributed by atoms with E-state index in [1.807, 2.05) is 42.3 Å². The molecule has 0 N–H and O–H groups in total. The zero-order chi connectivity index (χ0) is 18.1. The van der Waals surface area contributed by atoms with Crippen molar-refractivity contribution in [3.8, 4) is 16.9 Å². The molecule has 0 saturated heterocycles. The van der Waals surface area contributed by atoms with E-state index in [9.17, 15) is 4.79 Å². The second-order valence-corrected chi connectivity index (χ2v) is 6.56. The Morgan fingerprint density at radius 3 is 2.85 bits per heavy atom. The first-order chi connectivity index (χ1) is 12.6. The molecule has 1 aromatic carbocycles. The van der Waals surface area contributed by atoms with Gasteiger partial charge in [0.15, 0.2) is 0 Å². The molecule has 0 aliphatic carbocycles. The van der Waals surface area contributed by atoms with Gasteiger partial charge >= 0.3 is 0 Å².